The van der Waals surface area contributed by atoms with Gasteiger partial charge in [0.25, 0.3) is 0 Å². The van der Waals surface area contributed by atoms with Crippen molar-refractivity contribution < 1.29 is 21.7 Å². The molecule has 0 bridgehead atoms. The molecular formula is C24H17BBr2F4O. The Balaban J connectivity index is 0.000000523. The van der Waals surface area contributed by atoms with E-state index in [2.05, 4.69) is 99.4 Å². The predicted octanol–water partition coefficient (Wildman–Crippen LogP) is 9.70. The smallest absolute Gasteiger partial charge is 0.418 e. The first-order chi connectivity index (χ1) is 15.1. The second-order valence-electron chi connectivity index (χ2n) is 6.95. The normalized spacial score (nSPS) is 11.0. The molecule has 0 saturated heterocycles. The van der Waals surface area contributed by atoms with Gasteiger partial charge in [-0.2, -0.15) is 0 Å². The lowest BCUT2D eigenvalue weighted by atomic mass is 10.0. The highest BCUT2D eigenvalue weighted by Crippen LogP contribution is 2.33. The monoisotopic (exact) mass is 566 g/mol. The van der Waals surface area contributed by atoms with E-state index >= 15 is 0 Å². The minimum atomic E-state index is -6.00. The van der Waals surface area contributed by atoms with Crippen LogP contribution in [0.1, 0.15) is 5.56 Å². The Morgan fingerprint density at radius 1 is 0.562 bits per heavy atom. The molecule has 0 radical (unpaired) electrons. The summed E-state index contributed by atoms with van der Waals surface area (Å²) in [5.74, 6) is 1.69. The van der Waals surface area contributed by atoms with E-state index in [1.165, 1.54) is 11.1 Å². The van der Waals surface area contributed by atoms with Crippen molar-refractivity contribution in [3.05, 3.63) is 99.4 Å². The van der Waals surface area contributed by atoms with Gasteiger partial charge in [0.05, 0.1) is 23.3 Å². The van der Waals surface area contributed by atoms with Gasteiger partial charge in [0.1, 0.15) is 0 Å². The molecule has 0 fully saturated rings. The summed E-state index contributed by atoms with van der Waals surface area (Å²) in [6.45, 7) is 2.10. The van der Waals surface area contributed by atoms with Crippen LogP contribution in [-0.4, -0.2) is 7.25 Å². The fourth-order valence-electron chi connectivity index (χ4n) is 2.93. The Bertz CT molecular complexity index is 1020. The number of rotatable bonds is 3. The number of hydrogen-bond acceptors (Lipinski definition) is 0. The van der Waals surface area contributed by atoms with Crippen molar-refractivity contribution in [1.82, 2.24) is 0 Å². The highest BCUT2D eigenvalue weighted by Gasteiger charge is 2.21. The number of halogens is 6. The second kappa shape index (κ2) is 10.4. The van der Waals surface area contributed by atoms with Crippen LogP contribution in [0.3, 0.4) is 0 Å². The zero-order valence-corrected chi connectivity index (χ0v) is 20.0. The Kier molecular flexibility index (Phi) is 7.90. The largest absolute Gasteiger partial charge is 0.673 e. The van der Waals surface area contributed by atoms with Crippen LogP contribution in [0.5, 0.6) is 0 Å². The highest BCUT2D eigenvalue weighted by molar-refractivity contribution is 9.10. The Labute approximate surface area is 200 Å². The van der Waals surface area contributed by atoms with Crippen LogP contribution in [0.15, 0.2) is 98.3 Å². The predicted molar refractivity (Wildman–Crippen MR) is 130 cm³/mol. The van der Waals surface area contributed by atoms with E-state index in [1.807, 2.05) is 24.3 Å². The van der Waals surface area contributed by atoms with Crippen LogP contribution in [0.25, 0.3) is 33.8 Å². The molecule has 1 aromatic heterocycles. The lowest BCUT2D eigenvalue weighted by molar-refractivity contribution is 0.368. The maximum atomic E-state index is 9.75. The van der Waals surface area contributed by atoms with Gasteiger partial charge in [-0.25, -0.2) is 4.42 Å². The number of aryl methyl sites for hydroxylation is 1. The zero-order chi connectivity index (χ0) is 23.3. The molecule has 0 aliphatic rings. The van der Waals surface area contributed by atoms with E-state index < -0.39 is 7.25 Å². The van der Waals surface area contributed by atoms with E-state index in [-0.39, 0.29) is 0 Å². The Hall–Kier alpha value is -2.45. The van der Waals surface area contributed by atoms with Gasteiger partial charge in [0.2, 0.25) is 0 Å². The molecule has 164 valence electrons. The van der Waals surface area contributed by atoms with Gasteiger partial charge in [0, 0.05) is 14.5 Å². The molecule has 4 rings (SSSR count). The van der Waals surface area contributed by atoms with Crippen molar-refractivity contribution in [2.24, 2.45) is 0 Å². The summed E-state index contributed by atoms with van der Waals surface area (Å²) in [4.78, 5) is 0. The maximum Gasteiger partial charge on any atom is 0.673 e. The molecule has 3 aromatic carbocycles. The van der Waals surface area contributed by atoms with Gasteiger partial charge < -0.3 is 17.3 Å². The highest BCUT2D eigenvalue weighted by atomic mass is 79.9. The van der Waals surface area contributed by atoms with Gasteiger partial charge in [-0.3, -0.25) is 0 Å². The zero-order valence-electron chi connectivity index (χ0n) is 16.8. The van der Waals surface area contributed by atoms with Crippen LogP contribution >= 0.6 is 31.9 Å². The quantitative estimate of drug-likeness (QED) is 0.136. The van der Waals surface area contributed by atoms with E-state index in [0.29, 0.717) is 0 Å². The first-order valence-corrected chi connectivity index (χ1v) is 11.1. The molecule has 0 unspecified atom stereocenters. The minimum Gasteiger partial charge on any atom is -0.418 e. The van der Waals surface area contributed by atoms with Crippen molar-refractivity contribution in [2.75, 3.05) is 0 Å². The van der Waals surface area contributed by atoms with Crippen molar-refractivity contribution in [2.45, 2.75) is 6.92 Å². The van der Waals surface area contributed by atoms with Crippen LogP contribution < -0.4 is 0 Å². The van der Waals surface area contributed by atoms with Crippen LogP contribution in [0.2, 0.25) is 0 Å². The van der Waals surface area contributed by atoms with E-state index in [4.69, 9.17) is 4.42 Å². The Morgan fingerprint density at radius 2 is 0.906 bits per heavy atom. The summed E-state index contributed by atoms with van der Waals surface area (Å²) in [5.41, 5.74) is 5.65. The molecule has 8 heteroatoms. The summed E-state index contributed by atoms with van der Waals surface area (Å²) >= 11 is 7.00. The molecule has 1 nitrogen and oxygen atoms in total. The SMILES string of the molecule is Cc1ccc(-c2cc(-c3ccc(Br)cc3)[o+]c(-c3ccc(Br)cc3)c2)cc1.F[B-](F)(F)F. The summed E-state index contributed by atoms with van der Waals surface area (Å²) in [5, 5.41) is 0. The average Bonchev–Trinajstić information content (AvgIpc) is 2.74. The molecule has 32 heavy (non-hydrogen) atoms. The van der Waals surface area contributed by atoms with Crippen molar-refractivity contribution in [3.63, 3.8) is 0 Å². The summed E-state index contributed by atoms with van der Waals surface area (Å²) in [6, 6.07) is 29.2. The summed E-state index contributed by atoms with van der Waals surface area (Å²) < 4.78 is 47.4. The van der Waals surface area contributed by atoms with Crippen LogP contribution in [0, 0.1) is 6.92 Å². The standard InChI is InChI=1S/C24H17Br2O.BF4/c1-16-2-4-17(5-3-16)20-14-23(18-6-10-21(25)11-7-18)27-24(15-20)19-8-12-22(26)13-9-19;2-1(3,4)5/h2-15H,1H3;/q+1;-1. The van der Waals surface area contributed by atoms with E-state index in [9.17, 15) is 17.3 Å². The molecule has 0 spiro atoms. The third-order valence-corrected chi connectivity index (χ3v) is 5.49. The van der Waals surface area contributed by atoms with Crippen molar-refractivity contribution >= 4 is 39.1 Å². The van der Waals surface area contributed by atoms with Crippen LogP contribution in [0.4, 0.5) is 17.3 Å². The molecular weight excluding hydrogens is 551 g/mol. The molecule has 0 saturated carbocycles. The minimum absolute atomic E-state index is 0.846. The lowest BCUT2D eigenvalue weighted by Gasteiger charge is -2.03. The Morgan fingerprint density at radius 3 is 1.28 bits per heavy atom. The average molecular weight is 568 g/mol. The van der Waals surface area contributed by atoms with Gasteiger partial charge in [-0.15, -0.1) is 0 Å². The third-order valence-electron chi connectivity index (χ3n) is 4.44. The van der Waals surface area contributed by atoms with Gasteiger partial charge in [-0.1, -0.05) is 61.7 Å². The lowest BCUT2D eigenvalue weighted by Crippen LogP contribution is -2.02. The van der Waals surface area contributed by atoms with Gasteiger partial charge >= 0.3 is 18.8 Å². The van der Waals surface area contributed by atoms with Crippen molar-refractivity contribution in [3.8, 4) is 33.8 Å². The first kappa shape index (κ1) is 24.2. The fourth-order valence-corrected chi connectivity index (χ4v) is 3.46. The molecule has 0 N–H and O–H groups in total. The molecule has 0 aliphatic carbocycles. The van der Waals surface area contributed by atoms with Gasteiger partial charge in [-0.05, 0) is 61.0 Å². The van der Waals surface area contributed by atoms with E-state index in [0.717, 1.165) is 37.2 Å². The van der Waals surface area contributed by atoms with Crippen LogP contribution in [-0.2, 0) is 0 Å². The molecule has 0 amide bonds. The fraction of sp³-hybridized carbons (Fsp3) is 0.0417. The molecule has 0 aliphatic heterocycles. The molecule has 1 heterocycles. The van der Waals surface area contributed by atoms with E-state index in [1.54, 1.807) is 0 Å². The number of benzene rings is 3. The van der Waals surface area contributed by atoms with Crippen molar-refractivity contribution in [1.29, 1.82) is 0 Å². The number of hydrogen-bond donors (Lipinski definition) is 0. The first-order valence-electron chi connectivity index (χ1n) is 9.53. The van der Waals surface area contributed by atoms with Gasteiger partial charge in [0.15, 0.2) is 0 Å². The molecule has 0 atom stereocenters. The topological polar surface area (TPSA) is 11.3 Å². The second-order valence-corrected chi connectivity index (χ2v) is 8.78. The maximum absolute atomic E-state index is 9.75. The third kappa shape index (κ3) is 7.31. The molecule has 4 aromatic rings. The summed E-state index contributed by atoms with van der Waals surface area (Å²) in [7, 11) is -6.00. The summed E-state index contributed by atoms with van der Waals surface area (Å²) in [6.07, 6.45) is 0.